The third-order valence-corrected chi connectivity index (χ3v) is 4.18. The van der Waals surface area contributed by atoms with Crippen molar-refractivity contribution < 1.29 is 0 Å². The molecule has 1 rings (SSSR count). The van der Waals surface area contributed by atoms with E-state index in [1.807, 2.05) is 11.8 Å². The van der Waals surface area contributed by atoms with Crippen LogP contribution in [0.4, 0.5) is 0 Å². The van der Waals surface area contributed by atoms with Gasteiger partial charge in [-0.25, -0.2) is 0 Å². The topological polar surface area (TPSA) is 12.0 Å². The first kappa shape index (κ1) is 14.1. The molecule has 0 aliphatic carbocycles. The lowest BCUT2D eigenvalue weighted by atomic mass is 10.0. The molecule has 1 aromatic rings. The SMILES string of the molecule is CCC(NCC(C)SC)c1cccc(Br)c1. The lowest BCUT2D eigenvalue weighted by molar-refractivity contribution is 0.522. The smallest absolute Gasteiger partial charge is 0.0318 e. The van der Waals surface area contributed by atoms with Gasteiger partial charge in [0.2, 0.25) is 0 Å². The maximum Gasteiger partial charge on any atom is 0.0318 e. The number of hydrogen-bond acceptors (Lipinski definition) is 2. The number of nitrogens with one attached hydrogen (secondary N) is 1. The molecule has 0 saturated carbocycles. The van der Waals surface area contributed by atoms with E-state index in [-0.39, 0.29) is 0 Å². The van der Waals surface area contributed by atoms with Crippen LogP contribution in [-0.2, 0) is 0 Å². The first-order valence-corrected chi connectivity index (χ1v) is 7.77. The van der Waals surface area contributed by atoms with Crippen molar-refractivity contribution in [1.29, 1.82) is 0 Å². The minimum Gasteiger partial charge on any atom is -0.309 e. The summed E-state index contributed by atoms with van der Waals surface area (Å²) in [4.78, 5) is 0. The van der Waals surface area contributed by atoms with E-state index in [4.69, 9.17) is 0 Å². The number of halogens is 1. The molecule has 0 aliphatic rings. The molecule has 0 aromatic heterocycles. The summed E-state index contributed by atoms with van der Waals surface area (Å²) < 4.78 is 1.16. The van der Waals surface area contributed by atoms with Crippen LogP contribution in [0.3, 0.4) is 0 Å². The van der Waals surface area contributed by atoms with Crippen molar-refractivity contribution in [3.8, 4) is 0 Å². The molecule has 0 spiro atoms. The second kappa shape index (κ2) is 7.36. The lowest BCUT2D eigenvalue weighted by Crippen LogP contribution is -2.27. The van der Waals surface area contributed by atoms with Crippen molar-refractivity contribution in [2.24, 2.45) is 0 Å². The zero-order valence-corrected chi connectivity index (χ0v) is 12.6. The lowest BCUT2D eigenvalue weighted by Gasteiger charge is -2.19. The number of thioether (sulfide) groups is 1. The molecule has 0 aliphatic heterocycles. The van der Waals surface area contributed by atoms with Gasteiger partial charge in [0, 0.05) is 22.3 Å². The van der Waals surface area contributed by atoms with E-state index in [0.717, 1.165) is 17.4 Å². The molecule has 2 unspecified atom stereocenters. The Morgan fingerprint density at radius 3 is 2.75 bits per heavy atom. The number of hydrogen-bond donors (Lipinski definition) is 1. The minimum atomic E-state index is 0.465. The van der Waals surface area contributed by atoms with E-state index in [1.54, 1.807) is 0 Å². The highest BCUT2D eigenvalue weighted by Crippen LogP contribution is 2.21. The Morgan fingerprint density at radius 2 is 2.19 bits per heavy atom. The Balaban J connectivity index is 2.60. The summed E-state index contributed by atoms with van der Waals surface area (Å²) >= 11 is 5.43. The van der Waals surface area contributed by atoms with Crippen LogP contribution in [0.15, 0.2) is 28.7 Å². The molecular formula is C13H20BrNS. The summed E-state index contributed by atoms with van der Waals surface area (Å²) in [5.74, 6) is 0. The minimum absolute atomic E-state index is 0.465. The van der Waals surface area contributed by atoms with Crippen LogP contribution in [0.1, 0.15) is 31.9 Å². The van der Waals surface area contributed by atoms with Gasteiger partial charge < -0.3 is 5.32 Å². The fourth-order valence-corrected chi connectivity index (χ4v) is 2.29. The van der Waals surface area contributed by atoms with E-state index in [0.29, 0.717) is 11.3 Å². The standard InChI is InChI=1S/C13H20BrNS/c1-4-13(15-9-10(2)16-3)11-6-5-7-12(14)8-11/h5-8,10,13,15H,4,9H2,1-3H3. The van der Waals surface area contributed by atoms with E-state index in [2.05, 4.69) is 65.6 Å². The normalized spacial score (nSPS) is 14.8. The van der Waals surface area contributed by atoms with E-state index in [9.17, 15) is 0 Å². The fraction of sp³-hybridized carbons (Fsp3) is 0.538. The first-order valence-electron chi connectivity index (χ1n) is 5.69. The third kappa shape index (κ3) is 4.48. The molecule has 1 nitrogen and oxygen atoms in total. The van der Waals surface area contributed by atoms with Gasteiger partial charge in [0.05, 0.1) is 0 Å². The maximum atomic E-state index is 3.62. The van der Waals surface area contributed by atoms with Crippen molar-refractivity contribution in [1.82, 2.24) is 5.32 Å². The average Bonchev–Trinajstić information content (AvgIpc) is 2.29. The molecule has 0 heterocycles. The largest absolute Gasteiger partial charge is 0.309 e. The highest BCUT2D eigenvalue weighted by Gasteiger charge is 2.10. The second-order valence-corrected chi connectivity index (χ2v) is 6.16. The zero-order chi connectivity index (χ0) is 12.0. The predicted molar refractivity (Wildman–Crippen MR) is 78.2 cm³/mol. The zero-order valence-electron chi connectivity index (χ0n) is 10.2. The van der Waals surface area contributed by atoms with Crippen molar-refractivity contribution in [3.63, 3.8) is 0 Å². The van der Waals surface area contributed by atoms with E-state index in [1.165, 1.54) is 5.56 Å². The fourth-order valence-electron chi connectivity index (χ4n) is 1.61. The molecule has 0 bridgehead atoms. The van der Waals surface area contributed by atoms with Crippen LogP contribution in [-0.4, -0.2) is 18.1 Å². The molecule has 0 saturated heterocycles. The molecule has 0 fully saturated rings. The molecule has 1 N–H and O–H groups in total. The average molecular weight is 302 g/mol. The van der Waals surface area contributed by atoms with Crippen LogP contribution < -0.4 is 5.32 Å². The summed E-state index contributed by atoms with van der Waals surface area (Å²) in [5.41, 5.74) is 1.37. The van der Waals surface area contributed by atoms with Crippen LogP contribution in [0.25, 0.3) is 0 Å². The summed E-state index contributed by atoms with van der Waals surface area (Å²) in [6.45, 7) is 5.54. The van der Waals surface area contributed by atoms with Gasteiger partial charge in [-0.2, -0.15) is 11.8 Å². The molecule has 90 valence electrons. The molecule has 3 heteroatoms. The predicted octanol–water partition coefficient (Wildman–Crippen LogP) is 4.24. The van der Waals surface area contributed by atoms with Crippen molar-refractivity contribution in [3.05, 3.63) is 34.3 Å². The van der Waals surface area contributed by atoms with Crippen LogP contribution >= 0.6 is 27.7 Å². The van der Waals surface area contributed by atoms with Gasteiger partial charge in [0.1, 0.15) is 0 Å². The van der Waals surface area contributed by atoms with Gasteiger partial charge in [0.25, 0.3) is 0 Å². The Morgan fingerprint density at radius 1 is 1.44 bits per heavy atom. The van der Waals surface area contributed by atoms with Gasteiger partial charge in [-0.15, -0.1) is 0 Å². The summed E-state index contributed by atoms with van der Waals surface area (Å²) in [6.07, 6.45) is 3.28. The van der Waals surface area contributed by atoms with Crippen molar-refractivity contribution in [2.75, 3.05) is 12.8 Å². The molecular weight excluding hydrogens is 282 g/mol. The number of benzene rings is 1. The van der Waals surface area contributed by atoms with E-state index >= 15 is 0 Å². The maximum absolute atomic E-state index is 3.62. The van der Waals surface area contributed by atoms with Crippen molar-refractivity contribution in [2.45, 2.75) is 31.6 Å². The molecule has 0 amide bonds. The summed E-state index contributed by atoms with van der Waals surface area (Å²) in [7, 11) is 0. The quantitative estimate of drug-likeness (QED) is 0.843. The van der Waals surface area contributed by atoms with Gasteiger partial charge in [-0.1, -0.05) is 41.9 Å². The first-order chi connectivity index (χ1) is 7.67. The van der Waals surface area contributed by atoms with Gasteiger partial charge in [-0.05, 0) is 30.4 Å². The monoisotopic (exact) mass is 301 g/mol. The van der Waals surface area contributed by atoms with Crippen LogP contribution in [0.5, 0.6) is 0 Å². The van der Waals surface area contributed by atoms with Crippen molar-refractivity contribution >= 4 is 27.7 Å². The third-order valence-electron chi connectivity index (χ3n) is 2.71. The van der Waals surface area contributed by atoms with Gasteiger partial charge in [0.15, 0.2) is 0 Å². The van der Waals surface area contributed by atoms with Crippen LogP contribution in [0, 0.1) is 0 Å². The molecule has 16 heavy (non-hydrogen) atoms. The van der Waals surface area contributed by atoms with Gasteiger partial charge >= 0.3 is 0 Å². The number of rotatable bonds is 6. The molecule has 1 aromatic carbocycles. The Hall–Kier alpha value is 0.01000. The highest BCUT2D eigenvalue weighted by atomic mass is 79.9. The van der Waals surface area contributed by atoms with Gasteiger partial charge in [-0.3, -0.25) is 0 Å². The van der Waals surface area contributed by atoms with Crippen LogP contribution in [0.2, 0.25) is 0 Å². The Labute approximate surface area is 112 Å². The Kier molecular flexibility index (Phi) is 6.47. The summed E-state index contributed by atoms with van der Waals surface area (Å²) in [5, 5.41) is 4.29. The Bertz CT molecular complexity index is 317. The highest BCUT2D eigenvalue weighted by molar-refractivity contribution is 9.10. The van der Waals surface area contributed by atoms with E-state index < -0.39 is 0 Å². The molecule has 2 atom stereocenters. The second-order valence-electron chi connectivity index (χ2n) is 3.97. The summed E-state index contributed by atoms with van der Waals surface area (Å²) in [6, 6.07) is 9.02. The molecule has 0 radical (unpaired) electrons.